The predicted molar refractivity (Wildman–Crippen MR) is 60.9 cm³/mol. The Labute approximate surface area is 96.5 Å². The third-order valence-corrected chi connectivity index (χ3v) is 4.27. The zero-order chi connectivity index (χ0) is 11.8. The summed E-state index contributed by atoms with van der Waals surface area (Å²) in [6.45, 7) is 1.87. The molecule has 1 N–H and O–H groups in total. The van der Waals surface area contributed by atoms with Gasteiger partial charge in [-0.25, -0.2) is 4.79 Å². The highest BCUT2D eigenvalue weighted by molar-refractivity contribution is 5.91. The predicted octanol–water partition coefficient (Wildman–Crippen LogP) is 2.19. The summed E-state index contributed by atoms with van der Waals surface area (Å²) < 4.78 is 4.89. The van der Waals surface area contributed by atoms with Gasteiger partial charge < -0.3 is 9.84 Å². The third kappa shape index (κ3) is 1.67. The van der Waals surface area contributed by atoms with E-state index in [4.69, 9.17) is 4.74 Å². The maximum Gasteiger partial charge on any atom is 0.334 e. The first kappa shape index (κ1) is 11.6. The van der Waals surface area contributed by atoms with Crippen LogP contribution in [-0.4, -0.2) is 24.3 Å². The first-order valence-corrected chi connectivity index (χ1v) is 6.08. The Morgan fingerprint density at radius 3 is 2.56 bits per heavy atom. The highest BCUT2D eigenvalue weighted by Crippen LogP contribution is 2.52. The molecule has 16 heavy (non-hydrogen) atoms. The van der Waals surface area contributed by atoms with E-state index in [1.807, 2.05) is 6.92 Å². The molecule has 0 heterocycles. The normalized spacial score (nSPS) is 28.6. The van der Waals surface area contributed by atoms with Gasteiger partial charge in [-0.05, 0) is 38.2 Å². The van der Waals surface area contributed by atoms with Crippen LogP contribution >= 0.6 is 0 Å². The van der Waals surface area contributed by atoms with Crippen LogP contribution in [0.5, 0.6) is 0 Å². The van der Waals surface area contributed by atoms with Gasteiger partial charge >= 0.3 is 5.97 Å². The summed E-state index contributed by atoms with van der Waals surface area (Å²) in [5, 5.41) is 9.87. The molecule has 2 aliphatic carbocycles. The zero-order valence-electron chi connectivity index (χ0n) is 10.1. The number of rotatable bonds is 1. The van der Waals surface area contributed by atoms with Gasteiger partial charge in [0.15, 0.2) is 0 Å². The van der Waals surface area contributed by atoms with E-state index >= 15 is 0 Å². The summed E-state index contributed by atoms with van der Waals surface area (Å²) in [5.41, 5.74) is 1.61. The van der Waals surface area contributed by atoms with Crippen LogP contribution in [0.15, 0.2) is 11.1 Å². The Hall–Kier alpha value is -0.830. The summed E-state index contributed by atoms with van der Waals surface area (Å²) in [6, 6.07) is 0. The highest BCUT2D eigenvalue weighted by atomic mass is 16.5. The number of aliphatic hydroxyl groups is 1. The standard InChI is InChI=1S/C13H20O3/c1-9-10(14)5-8-13(6-3-4-7-13)11(9)12(15)16-2/h10,14H,3-8H2,1-2H3. The van der Waals surface area contributed by atoms with Gasteiger partial charge in [0.1, 0.15) is 0 Å². The number of ether oxygens (including phenoxy) is 1. The number of hydrogen-bond acceptors (Lipinski definition) is 3. The Morgan fingerprint density at radius 2 is 2.00 bits per heavy atom. The molecule has 1 fully saturated rings. The van der Waals surface area contributed by atoms with Crippen molar-refractivity contribution >= 4 is 5.97 Å². The molecular weight excluding hydrogens is 204 g/mol. The minimum atomic E-state index is -0.458. The van der Waals surface area contributed by atoms with Crippen LogP contribution in [0.3, 0.4) is 0 Å². The summed E-state index contributed by atoms with van der Waals surface area (Å²) in [5.74, 6) is -0.238. The van der Waals surface area contributed by atoms with Crippen LogP contribution in [0.1, 0.15) is 45.4 Å². The molecule has 0 bridgehead atoms. The second kappa shape index (κ2) is 4.21. The molecule has 0 radical (unpaired) electrons. The van der Waals surface area contributed by atoms with Crippen molar-refractivity contribution in [1.29, 1.82) is 0 Å². The third-order valence-electron chi connectivity index (χ3n) is 4.27. The van der Waals surface area contributed by atoms with Gasteiger partial charge in [0.2, 0.25) is 0 Å². The maximum atomic E-state index is 11.9. The SMILES string of the molecule is COC(=O)C1=C(C)C(O)CCC12CCCC2. The lowest BCUT2D eigenvalue weighted by Crippen LogP contribution is -2.34. The fourth-order valence-electron chi connectivity index (χ4n) is 3.37. The molecule has 2 aliphatic rings. The van der Waals surface area contributed by atoms with Crippen LogP contribution < -0.4 is 0 Å². The van der Waals surface area contributed by atoms with E-state index in [0.29, 0.717) is 0 Å². The second-order valence-electron chi connectivity index (χ2n) is 5.09. The molecule has 1 unspecified atom stereocenters. The van der Waals surface area contributed by atoms with Gasteiger partial charge in [0.05, 0.1) is 13.2 Å². The van der Waals surface area contributed by atoms with Gasteiger partial charge in [-0.15, -0.1) is 0 Å². The van der Waals surface area contributed by atoms with Crippen molar-refractivity contribution < 1.29 is 14.6 Å². The Bertz CT molecular complexity index is 324. The Balaban J connectivity index is 2.43. The summed E-state index contributed by atoms with van der Waals surface area (Å²) in [6.07, 6.45) is 5.76. The minimum Gasteiger partial charge on any atom is -0.466 e. The molecule has 0 aromatic carbocycles. The molecule has 90 valence electrons. The van der Waals surface area contributed by atoms with E-state index in [1.54, 1.807) is 0 Å². The van der Waals surface area contributed by atoms with Crippen LogP contribution in [0.25, 0.3) is 0 Å². The van der Waals surface area contributed by atoms with Gasteiger partial charge in [-0.3, -0.25) is 0 Å². The highest BCUT2D eigenvalue weighted by Gasteiger charge is 2.45. The number of hydrogen-bond donors (Lipinski definition) is 1. The average Bonchev–Trinajstić information content (AvgIpc) is 2.73. The van der Waals surface area contributed by atoms with E-state index in [9.17, 15) is 9.90 Å². The van der Waals surface area contributed by atoms with Crippen LogP contribution in [0, 0.1) is 5.41 Å². The number of esters is 1. The largest absolute Gasteiger partial charge is 0.466 e. The van der Waals surface area contributed by atoms with Crippen molar-refractivity contribution in [3.05, 3.63) is 11.1 Å². The molecule has 0 aromatic rings. The Kier molecular flexibility index (Phi) is 3.06. The molecule has 0 amide bonds. The van der Waals surface area contributed by atoms with E-state index in [2.05, 4.69) is 0 Å². The van der Waals surface area contributed by atoms with Gasteiger partial charge in [0.25, 0.3) is 0 Å². The van der Waals surface area contributed by atoms with Crippen molar-refractivity contribution in [3.63, 3.8) is 0 Å². The summed E-state index contributed by atoms with van der Waals surface area (Å²) >= 11 is 0. The molecule has 2 rings (SSSR count). The van der Waals surface area contributed by atoms with E-state index < -0.39 is 6.10 Å². The fourth-order valence-corrected chi connectivity index (χ4v) is 3.37. The van der Waals surface area contributed by atoms with E-state index in [-0.39, 0.29) is 11.4 Å². The molecular formula is C13H20O3. The summed E-state index contributed by atoms with van der Waals surface area (Å²) in [7, 11) is 1.42. The van der Waals surface area contributed by atoms with Gasteiger partial charge in [-0.1, -0.05) is 12.8 Å². The summed E-state index contributed by atoms with van der Waals surface area (Å²) in [4.78, 5) is 11.9. The van der Waals surface area contributed by atoms with E-state index in [0.717, 1.165) is 36.8 Å². The number of carbonyl (C=O) groups is 1. The van der Waals surface area contributed by atoms with Crippen molar-refractivity contribution in [2.75, 3.05) is 7.11 Å². The van der Waals surface area contributed by atoms with Crippen molar-refractivity contribution in [2.45, 2.75) is 51.6 Å². The van der Waals surface area contributed by atoms with Gasteiger partial charge in [0, 0.05) is 11.0 Å². The molecule has 1 spiro atoms. The molecule has 0 aromatic heterocycles. The number of aliphatic hydroxyl groups excluding tert-OH is 1. The van der Waals surface area contributed by atoms with Crippen molar-refractivity contribution in [3.8, 4) is 0 Å². The van der Waals surface area contributed by atoms with Crippen molar-refractivity contribution in [1.82, 2.24) is 0 Å². The van der Waals surface area contributed by atoms with Crippen LogP contribution in [0.4, 0.5) is 0 Å². The van der Waals surface area contributed by atoms with E-state index in [1.165, 1.54) is 20.0 Å². The topological polar surface area (TPSA) is 46.5 Å². The van der Waals surface area contributed by atoms with Crippen LogP contribution in [-0.2, 0) is 9.53 Å². The molecule has 1 saturated carbocycles. The molecule has 3 heteroatoms. The molecule has 0 aliphatic heterocycles. The fraction of sp³-hybridized carbons (Fsp3) is 0.769. The lowest BCUT2D eigenvalue weighted by Gasteiger charge is -2.37. The smallest absolute Gasteiger partial charge is 0.334 e. The maximum absolute atomic E-state index is 11.9. The Morgan fingerprint density at radius 1 is 1.38 bits per heavy atom. The second-order valence-corrected chi connectivity index (χ2v) is 5.09. The van der Waals surface area contributed by atoms with Crippen molar-refractivity contribution in [2.24, 2.45) is 5.41 Å². The number of carbonyl (C=O) groups excluding carboxylic acids is 1. The van der Waals surface area contributed by atoms with Gasteiger partial charge in [-0.2, -0.15) is 0 Å². The first-order chi connectivity index (χ1) is 7.60. The quantitative estimate of drug-likeness (QED) is 0.694. The first-order valence-electron chi connectivity index (χ1n) is 6.08. The molecule has 1 atom stereocenters. The lowest BCUT2D eigenvalue weighted by molar-refractivity contribution is -0.138. The monoisotopic (exact) mass is 224 g/mol. The minimum absolute atomic E-state index is 0.0103. The molecule has 0 saturated heterocycles. The van der Waals surface area contributed by atoms with Crippen LogP contribution in [0.2, 0.25) is 0 Å². The zero-order valence-corrected chi connectivity index (χ0v) is 10.1. The average molecular weight is 224 g/mol. The molecule has 3 nitrogen and oxygen atoms in total. The lowest BCUT2D eigenvalue weighted by atomic mass is 9.68. The number of methoxy groups -OCH3 is 1.